The Kier molecular flexibility index (Phi) is 4.77. The van der Waals surface area contributed by atoms with Crippen LogP contribution in [0.3, 0.4) is 0 Å². The van der Waals surface area contributed by atoms with Gasteiger partial charge in [0, 0.05) is 6.54 Å². The minimum atomic E-state index is -0.663. The lowest BCUT2D eigenvalue weighted by molar-refractivity contribution is -0.136. The Balaban J connectivity index is 2.37. The lowest BCUT2D eigenvalue weighted by Gasteiger charge is -2.15. The summed E-state index contributed by atoms with van der Waals surface area (Å²) in [5.41, 5.74) is 0.616. The van der Waals surface area contributed by atoms with E-state index in [1.54, 1.807) is 19.1 Å². The zero-order valence-electron chi connectivity index (χ0n) is 12.4. The number of ether oxygens (including phenoxy) is 1. The summed E-state index contributed by atoms with van der Waals surface area (Å²) in [5.74, 6) is -1.63. The van der Waals surface area contributed by atoms with Gasteiger partial charge in [-0.25, -0.2) is 9.18 Å². The summed E-state index contributed by atoms with van der Waals surface area (Å²) in [6.45, 7) is 1.47. The van der Waals surface area contributed by atoms with Crippen LogP contribution in [-0.2, 0) is 14.3 Å². The third kappa shape index (κ3) is 2.94. The van der Waals surface area contributed by atoms with E-state index in [0.29, 0.717) is 5.56 Å². The molecule has 118 valence electrons. The van der Waals surface area contributed by atoms with E-state index in [1.165, 1.54) is 18.1 Å². The van der Waals surface area contributed by atoms with E-state index >= 15 is 0 Å². The number of hydrogen-bond donors (Lipinski definition) is 2. The van der Waals surface area contributed by atoms with Crippen molar-refractivity contribution in [2.45, 2.75) is 6.92 Å². The van der Waals surface area contributed by atoms with E-state index in [9.17, 15) is 14.0 Å². The van der Waals surface area contributed by atoms with Crippen LogP contribution in [0.5, 0.6) is 0 Å². The highest BCUT2D eigenvalue weighted by Crippen LogP contribution is 2.25. The largest absolute Gasteiger partial charge is 0.466 e. The summed E-state index contributed by atoms with van der Waals surface area (Å²) in [7, 11) is 1.21. The summed E-state index contributed by atoms with van der Waals surface area (Å²) in [6.07, 6.45) is 0. The number of amides is 1. The third-order valence-electron chi connectivity index (χ3n) is 3.41. The van der Waals surface area contributed by atoms with Crippen LogP contribution < -0.4 is 5.32 Å². The molecule has 7 heteroatoms. The molecular weight excluding hydrogens is 291 g/mol. The number of rotatable bonds is 5. The molecule has 1 aromatic rings. The van der Waals surface area contributed by atoms with Gasteiger partial charge in [0.15, 0.2) is 0 Å². The average molecular weight is 308 g/mol. The number of carbonyl (C=O) groups excluding carboxylic acids is 2. The average Bonchev–Trinajstić information content (AvgIpc) is 2.81. The molecule has 0 unspecified atom stereocenters. The van der Waals surface area contributed by atoms with Crippen molar-refractivity contribution in [3.63, 3.8) is 0 Å². The maximum Gasteiger partial charge on any atom is 0.337 e. The Morgan fingerprint density at radius 3 is 2.86 bits per heavy atom. The SMILES string of the molecule is COC(=O)C1=C(Nc2cccc(C)c2F)C(=O)N(CCO)C1. The molecule has 6 nitrogen and oxygen atoms in total. The molecule has 0 spiro atoms. The number of nitrogens with one attached hydrogen (secondary N) is 1. The number of aliphatic hydroxyl groups is 1. The molecule has 1 aromatic carbocycles. The van der Waals surface area contributed by atoms with Gasteiger partial charge in [0.2, 0.25) is 0 Å². The number of methoxy groups -OCH3 is 1. The highest BCUT2D eigenvalue weighted by molar-refractivity contribution is 6.08. The highest BCUT2D eigenvalue weighted by Gasteiger charge is 2.34. The van der Waals surface area contributed by atoms with Gasteiger partial charge < -0.3 is 20.1 Å². The number of hydrogen-bond acceptors (Lipinski definition) is 5. The van der Waals surface area contributed by atoms with Gasteiger partial charge in [0.1, 0.15) is 11.5 Å². The first kappa shape index (κ1) is 16.0. The molecule has 0 aromatic heterocycles. The smallest absolute Gasteiger partial charge is 0.337 e. The number of halogens is 1. The standard InChI is InChI=1S/C15H17FN2O4/c1-9-4-3-5-11(12(9)16)17-13-10(15(21)22-2)8-18(6-7-19)14(13)20/h3-5,17,19H,6-8H2,1-2H3. The van der Waals surface area contributed by atoms with E-state index < -0.39 is 17.7 Å². The Morgan fingerprint density at radius 1 is 1.50 bits per heavy atom. The van der Waals surface area contributed by atoms with Gasteiger partial charge in [0.25, 0.3) is 5.91 Å². The number of esters is 1. The predicted octanol–water partition coefficient (Wildman–Crippen LogP) is 0.808. The number of anilines is 1. The fourth-order valence-electron chi connectivity index (χ4n) is 2.23. The molecule has 0 fully saturated rings. The number of aliphatic hydroxyl groups excluding tert-OH is 1. The highest BCUT2D eigenvalue weighted by atomic mass is 19.1. The molecule has 0 atom stereocenters. The van der Waals surface area contributed by atoms with Crippen LogP contribution in [-0.4, -0.2) is 48.7 Å². The zero-order chi connectivity index (χ0) is 16.3. The number of nitrogens with zero attached hydrogens (tertiary/aromatic N) is 1. The Hall–Kier alpha value is -2.41. The van der Waals surface area contributed by atoms with Gasteiger partial charge >= 0.3 is 5.97 Å². The van der Waals surface area contributed by atoms with Crippen LogP contribution in [0.4, 0.5) is 10.1 Å². The Bertz CT molecular complexity index is 642. The van der Waals surface area contributed by atoms with Crippen molar-refractivity contribution in [2.24, 2.45) is 0 Å². The molecule has 2 N–H and O–H groups in total. The molecule has 0 saturated heterocycles. The molecule has 0 saturated carbocycles. The van der Waals surface area contributed by atoms with E-state index in [4.69, 9.17) is 5.11 Å². The van der Waals surface area contributed by atoms with E-state index in [2.05, 4.69) is 10.1 Å². The monoisotopic (exact) mass is 308 g/mol. The first-order chi connectivity index (χ1) is 10.5. The predicted molar refractivity (Wildman–Crippen MR) is 77.5 cm³/mol. The normalized spacial score (nSPS) is 14.5. The summed E-state index contributed by atoms with van der Waals surface area (Å²) < 4.78 is 18.7. The maximum atomic E-state index is 14.1. The minimum absolute atomic E-state index is 0.0157. The van der Waals surface area contributed by atoms with Crippen LogP contribution in [0, 0.1) is 12.7 Å². The summed E-state index contributed by atoms with van der Waals surface area (Å²) in [4.78, 5) is 25.4. The van der Waals surface area contributed by atoms with Gasteiger partial charge in [-0.05, 0) is 18.6 Å². The van der Waals surface area contributed by atoms with Crippen LogP contribution in [0.2, 0.25) is 0 Å². The Morgan fingerprint density at radius 2 is 2.23 bits per heavy atom. The maximum absolute atomic E-state index is 14.1. The number of aryl methyl sites for hydroxylation is 1. The van der Waals surface area contributed by atoms with Crippen LogP contribution in [0.1, 0.15) is 5.56 Å². The fraction of sp³-hybridized carbons (Fsp3) is 0.333. The molecule has 0 radical (unpaired) electrons. The number of β-amino-alcohol motifs (C(OH)–C–C–N with tert-alkyl or cyclic N) is 1. The van der Waals surface area contributed by atoms with Crippen LogP contribution in [0.25, 0.3) is 0 Å². The van der Waals surface area contributed by atoms with Crippen molar-refractivity contribution in [1.82, 2.24) is 4.90 Å². The van der Waals surface area contributed by atoms with Gasteiger partial charge in [-0.15, -0.1) is 0 Å². The second kappa shape index (κ2) is 6.57. The fourth-order valence-corrected chi connectivity index (χ4v) is 2.23. The van der Waals surface area contributed by atoms with Crippen molar-refractivity contribution in [2.75, 3.05) is 32.1 Å². The summed E-state index contributed by atoms with van der Waals surface area (Å²) in [5, 5.41) is 11.7. The zero-order valence-corrected chi connectivity index (χ0v) is 12.4. The first-order valence-corrected chi connectivity index (χ1v) is 6.73. The summed E-state index contributed by atoms with van der Waals surface area (Å²) >= 11 is 0. The second-order valence-corrected chi connectivity index (χ2v) is 4.86. The molecule has 2 rings (SSSR count). The lowest BCUT2D eigenvalue weighted by Crippen LogP contribution is -2.31. The van der Waals surface area contributed by atoms with Crippen molar-refractivity contribution < 1.29 is 23.8 Å². The molecule has 0 bridgehead atoms. The van der Waals surface area contributed by atoms with Crippen molar-refractivity contribution in [3.8, 4) is 0 Å². The summed E-state index contributed by atoms with van der Waals surface area (Å²) in [6, 6.07) is 4.72. The molecule has 1 heterocycles. The van der Waals surface area contributed by atoms with Crippen molar-refractivity contribution in [3.05, 3.63) is 40.8 Å². The number of carbonyl (C=O) groups is 2. The van der Waals surface area contributed by atoms with E-state index in [-0.39, 0.29) is 36.7 Å². The Labute approximate surface area is 127 Å². The van der Waals surface area contributed by atoms with Gasteiger partial charge in [0.05, 0.1) is 31.5 Å². The third-order valence-corrected chi connectivity index (χ3v) is 3.41. The van der Waals surface area contributed by atoms with Crippen LogP contribution >= 0.6 is 0 Å². The van der Waals surface area contributed by atoms with Gasteiger partial charge in [-0.3, -0.25) is 4.79 Å². The molecule has 1 amide bonds. The van der Waals surface area contributed by atoms with Crippen molar-refractivity contribution in [1.29, 1.82) is 0 Å². The van der Waals surface area contributed by atoms with Gasteiger partial charge in [-0.2, -0.15) is 0 Å². The van der Waals surface area contributed by atoms with Crippen molar-refractivity contribution >= 4 is 17.6 Å². The molecule has 1 aliphatic rings. The van der Waals surface area contributed by atoms with E-state index in [0.717, 1.165) is 0 Å². The molecule has 22 heavy (non-hydrogen) atoms. The lowest BCUT2D eigenvalue weighted by atomic mass is 10.2. The topological polar surface area (TPSA) is 78.9 Å². The molecular formula is C15H17FN2O4. The van der Waals surface area contributed by atoms with E-state index in [1.807, 2.05) is 0 Å². The first-order valence-electron chi connectivity index (χ1n) is 6.73. The minimum Gasteiger partial charge on any atom is -0.466 e. The molecule has 1 aliphatic heterocycles. The second-order valence-electron chi connectivity index (χ2n) is 4.86. The molecule has 0 aliphatic carbocycles. The quantitative estimate of drug-likeness (QED) is 0.787. The number of benzene rings is 1. The van der Waals surface area contributed by atoms with Crippen LogP contribution in [0.15, 0.2) is 29.5 Å². The van der Waals surface area contributed by atoms with Gasteiger partial charge in [-0.1, -0.05) is 12.1 Å².